The molecule has 3 atom stereocenters. The number of fused-ring (bicyclic) bond motifs is 2. The third kappa shape index (κ3) is 3.33. The smallest absolute Gasteiger partial charge is 0.213 e. The number of phenolic OH excluding ortho intramolecular Hbond substituents is 2. The second-order valence-electron chi connectivity index (χ2n) is 9.66. The molecule has 5 rings (SSSR count). The molecule has 1 heterocycles. The van der Waals surface area contributed by atoms with Crippen molar-refractivity contribution in [1.82, 2.24) is 4.90 Å². The number of benzene rings is 2. The number of aromatic hydroxyl groups is 2. The van der Waals surface area contributed by atoms with Crippen molar-refractivity contribution in [2.45, 2.75) is 49.9 Å². The second kappa shape index (κ2) is 7.94. The van der Waals surface area contributed by atoms with Gasteiger partial charge in [0, 0.05) is 36.7 Å². The van der Waals surface area contributed by atoms with Crippen LogP contribution in [0.4, 0.5) is 0 Å². The summed E-state index contributed by atoms with van der Waals surface area (Å²) in [6.45, 7) is 2.39. The molecule has 34 heavy (non-hydrogen) atoms. The summed E-state index contributed by atoms with van der Waals surface area (Å²) >= 11 is 0. The van der Waals surface area contributed by atoms with Gasteiger partial charge >= 0.3 is 0 Å². The molecule has 8 nitrogen and oxygen atoms in total. The zero-order valence-corrected chi connectivity index (χ0v) is 18.7. The molecular formula is C26H27NO7. The lowest BCUT2D eigenvalue weighted by Gasteiger charge is -2.40. The van der Waals surface area contributed by atoms with Crippen LogP contribution in [0.1, 0.15) is 69.2 Å². The number of carbonyl (C=O) groups is 2. The highest BCUT2D eigenvalue weighted by Gasteiger charge is 2.48. The zero-order valence-electron chi connectivity index (χ0n) is 18.7. The normalized spacial score (nSPS) is 27.3. The van der Waals surface area contributed by atoms with Crippen LogP contribution in [0.2, 0.25) is 0 Å². The number of piperidine rings is 1. The Labute approximate surface area is 196 Å². The first-order valence-corrected chi connectivity index (χ1v) is 11.4. The van der Waals surface area contributed by atoms with Gasteiger partial charge in [-0.25, -0.2) is 0 Å². The van der Waals surface area contributed by atoms with Gasteiger partial charge in [0.2, 0.25) is 5.78 Å². The molecule has 2 aliphatic carbocycles. The molecule has 0 amide bonds. The fourth-order valence-electron chi connectivity index (χ4n) is 5.52. The van der Waals surface area contributed by atoms with Crippen molar-refractivity contribution >= 4 is 11.6 Å². The molecule has 1 aliphatic heterocycles. The van der Waals surface area contributed by atoms with Crippen molar-refractivity contribution in [3.05, 3.63) is 69.9 Å². The highest BCUT2D eigenvalue weighted by molar-refractivity contribution is 6.26. The number of aliphatic hydroxyl groups is 3. The van der Waals surface area contributed by atoms with E-state index >= 15 is 0 Å². The van der Waals surface area contributed by atoms with Crippen LogP contribution in [-0.4, -0.2) is 66.8 Å². The van der Waals surface area contributed by atoms with Gasteiger partial charge in [-0.05, 0) is 31.2 Å². The highest BCUT2D eigenvalue weighted by Crippen LogP contribution is 2.49. The first-order valence-electron chi connectivity index (χ1n) is 11.4. The molecule has 1 fully saturated rings. The predicted octanol–water partition coefficient (Wildman–Crippen LogP) is 1.94. The van der Waals surface area contributed by atoms with E-state index < -0.39 is 46.4 Å². The number of ketones is 2. The molecule has 5 N–H and O–H groups in total. The van der Waals surface area contributed by atoms with Crippen LogP contribution in [0.3, 0.4) is 0 Å². The van der Waals surface area contributed by atoms with Crippen molar-refractivity contribution < 1.29 is 35.1 Å². The molecule has 0 aromatic heterocycles. The van der Waals surface area contributed by atoms with E-state index in [9.17, 15) is 35.1 Å². The number of aliphatic hydroxyl groups excluding tert-OH is 2. The summed E-state index contributed by atoms with van der Waals surface area (Å²) < 4.78 is 0. The van der Waals surface area contributed by atoms with E-state index in [1.807, 2.05) is 23.1 Å². The minimum Gasteiger partial charge on any atom is -0.507 e. The second-order valence-corrected chi connectivity index (χ2v) is 9.66. The Morgan fingerprint density at radius 2 is 1.62 bits per heavy atom. The van der Waals surface area contributed by atoms with Crippen molar-refractivity contribution in [2.75, 3.05) is 13.1 Å². The summed E-state index contributed by atoms with van der Waals surface area (Å²) in [7, 11) is 0. The Kier molecular flexibility index (Phi) is 5.27. The number of allylic oxidation sites excluding steroid dienone is 2. The summed E-state index contributed by atoms with van der Waals surface area (Å²) in [5.74, 6) is -2.12. The van der Waals surface area contributed by atoms with Gasteiger partial charge < -0.3 is 30.4 Å². The third-order valence-electron chi connectivity index (χ3n) is 7.44. The Balaban J connectivity index is 1.49. The maximum absolute atomic E-state index is 13.5. The van der Waals surface area contributed by atoms with Gasteiger partial charge in [-0.2, -0.15) is 0 Å². The fourth-order valence-corrected chi connectivity index (χ4v) is 5.52. The van der Waals surface area contributed by atoms with E-state index in [0.29, 0.717) is 19.0 Å². The lowest BCUT2D eigenvalue weighted by Crippen LogP contribution is -2.49. The number of carbonyl (C=O) groups excluding carboxylic acids is 2. The Bertz CT molecular complexity index is 1210. The van der Waals surface area contributed by atoms with Crippen LogP contribution in [0.25, 0.3) is 0 Å². The maximum Gasteiger partial charge on any atom is 0.213 e. The van der Waals surface area contributed by atoms with Crippen molar-refractivity contribution in [1.29, 1.82) is 0 Å². The average molecular weight is 466 g/mol. The molecule has 0 saturated carbocycles. The Morgan fingerprint density at radius 1 is 0.971 bits per heavy atom. The standard InChI is InChI=1S/C26H27NO7/c1-26(34)12-15-18(24(32)25(26)33)23(31)19-17(28)11-16(22(30)20(19)21(15)29)27-9-7-14(8-10-27)13-5-3-2-4-6-13/h2-6,11,14,24-25,29,31-34H,7-10,12H2,1H3/t24-,25+,26-/m0/s1. The minimum absolute atomic E-state index is 0.0516. The first-order chi connectivity index (χ1) is 16.1. The number of nitrogens with zero attached hydrogens (tertiary/aromatic N) is 1. The highest BCUT2D eigenvalue weighted by atomic mass is 16.4. The van der Waals surface area contributed by atoms with Gasteiger partial charge in [0.25, 0.3) is 0 Å². The van der Waals surface area contributed by atoms with Gasteiger partial charge in [0.05, 0.1) is 22.4 Å². The summed E-state index contributed by atoms with van der Waals surface area (Å²) in [6.07, 6.45) is -0.930. The Morgan fingerprint density at radius 3 is 2.26 bits per heavy atom. The minimum atomic E-state index is -1.80. The van der Waals surface area contributed by atoms with Gasteiger partial charge in [0.15, 0.2) is 5.78 Å². The molecular weight excluding hydrogens is 438 g/mol. The van der Waals surface area contributed by atoms with E-state index in [2.05, 4.69) is 12.1 Å². The number of hydrogen-bond donors (Lipinski definition) is 5. The maximum atomic E-state index is 13.5. The molecule has 3 aliphatic rings. The van der Waals surface area contributed by atoms with Gasteiger partial charge in [-0.15, -0.1) is 0 Å². The summed E-state index contributed by atoms with van der Waals surface area (Å²) in [5, 5.41) is 53.1. The van der Waals surface area contributed by atoms with E-state index in [0.717, 1.165) is 12.8 Å². The molecule has 2 aromatic carbocycles. The lowest BCUT2D eigenvalue weighted by molar-refractivity contribution is -0.126. The average Bonchev–Trinajstić information content (AvgIpc) is 2.82. The monoisotopic (exact) mass is 465 g/mol. The first kappa shape index (κ1) is 22.6. The topological polar surface area (TPSA) is 139 Å². The lowest BCUT2D eigenvalue weighted by atomic mass is 9.73. The van der Waals surface area contributed by atoms with E-state index in [1.54, 1.807) is 0 Å². The molecule has 0 radical (unpaired) electrons. The van der Waals surface area contributed by atoms with Crippen LogP contribution in [0.5, 0.6) is 11.5 Å². The summed E-state index contributed by atoms with van der Waals surface area (Å²) in [6, 6.07) is 10.1. The molecule has 1 saturated heterocycles. The third-order valence-corrected chi connectivity index (χ3v) is 7.44. The van der Waals surface area contributed by atoms with Crippen LogP contribution in [0.15, 0.2) is 42.1 Å². The molecule has 0 spiro atoms. The summed E-state index contributed by atoms with van der Waals surface area (Å²) in [4.78, 5) is 28.3. The van der Waals surface area contributed by atoms with Crippen LogP contribution < -0.4 is 0 Å². The number of phenols is 2. The van der Waals surface area contributed by atoms with Crippen molar-refractivity contribution in [3.63, 3.8) is 0 Å². The van der Waals surface area contributed by atoms with E-state index in [1.165, 1.54) is 18.6 Å². The largest absolute Gasteiger partial charge is 0.507 e. The fraction of sp³-hybridized carbons (Fsp3) is 0.385. The molecule has 178 valence electrons. The van der Waals surface area contributed by atoms with E-state index in [4.69, 9.17) is 0 Å². The quantitative estimate of drug-likeness (QED) is 0.424. The van der Waals surface area contributed by atoms with E-state index in [-0.39, 0.29) is 28.8 Å². The Hall–Kier alpha value is -3.20. The van der Waals surface area contributed by atoms with Crippen molar-refractivity contribution in [2.24, 2.45) is 0 Å². The van der Waals surface area contributed by atoms with Gasteiger partial charge in [-0.1, -0.05) is 30.3 Å². The van der Waals surface area contributed by atoms with Gasteiger partial charge in [-0.3, -0.25) is 9.59 Å². The summed E-state index contributed by atoms with van der Waals surface area (Å²) in [5.41, 5.74) is -1.43. The van der Waals surface area contributed by atoms with Crippen LogP contribution in [0, 0.1) is 0 Å². The predicted molar refractivity (Wildman–Crippen MR) is 122 cm³/mol. The van der Waals surface area contributed by atoms with Crippen molar-refractivity contribution in [3.8, 4) is 11.5 Å². The van der Waals surface area contributed by atoms with Crippen LogP contribution >= 0.6 is 0 Å². The van der Waals surface area contributed by atoms with Crippen LogP contribution in [-0.2, 0) is 6.42 Å². The SMILES string of the molecule is C[C@]1(O)Cc2c(O)c3c(c(O)c2[C@H](O)[C@H]1O)C(=O)C=C(N1CCC(c2ccccc2)CC1)C3=O. The number of likely N-dealkylation sites (tertiary alicyclic amines) is 1. The zero-order chi connectivity index (χ0) is 24.4. The molecule has 0 bridgehead atoms. The van der Waals surface area contributed by atoms with Gasteiger partial charge in [0.1, 0.15) is 23.7 Å². The number of rotatable bonds is 2. The molecule has 2 aromatic rings. The number of hydrogen-bond acceptors (Lipinski definition) is 8. The molecule has 8 heteroatoms. The molecule has 0 unspecified atom stereocenters. The number of Topliss-reactive ketones (excluding diaryl/α,β-unsaturated/α-hetero) is 1.